The van der Waals surface area contributed by atoms with E-state index in [9.17, 15) is 0 Å². The van der Waals surface area contributed by atoms with Crippen molar-refractivity contribution in [2.24, 2.45) is 5.11 Å². The lowest BCUT2D eigenvalue weighted by atomic mass is 10.5. The zero-order chi connectivity index (χ0) is 7.82. The number of azide groups is 1. The normalized spacial score (nSPS) is 8.10. The van der Waals surface area contributed by atoms with Crippen LogP contribution in [0, 0.1) is 0 Å². The second-order valence-electron chi connectivity index (χ2n) is 1.51. The summed E-state index contributed by atoms with van der Waals surface area (Å²) in [6.45, 7) is 2.82. The molecule has 0 saturated heterocycles. The lowest BCUT2D eigenvalue weighted by Crippen LogP contribution is -2.01. The predicted octanol–water partition coefficient (Wildman–Crippen LogP) is 2.05. The van der Waals surface area contributed by atoms with Crippen LogP contribution >= 0.6 is 12.2 Å². The van der Waals surface area contributed by atoms with E-state index in [1.54, 1.807) is 0 Å². The minimum atomic E-state index is 0.384. The van der Waals surface area contributed by atoms with Gasteiger partial charge < -0.3 is 4.74 Å². The topological polar surface area (TPSA) is 58.0 Å². The van der Waals surface area contributed by atoms with E-state index >= 15 is 0 Å². The molecule has 0 saturated carbocycles. The summed E-state index contributed by atoms with van der Waals surface area (Å²) >= 11 is 4.76. The summed E-state index contributed by atoms with van der Waals surface area (Å²) in [4.78, 5) is 2.58. The van der Waals surface area contributed by atoms with Gasteiger partial charge in [-0.2, -0.15) is 0 Å². The van der Waals surface area contributed by atoms with Crippen LogP contribution < -0.4 is 0 Å². The van der Waals surface area contributed by atoms with Crippen LogP contribution in [-0.4, -0.2) is 18.2 Å². The Hall–Kier alpha value is -0.800. The van der Waals surface area contributed by atoms with E-state index in [-0.39, 0.29) is 0 Å². The number of nitrogens with zero attached hydrogens (tertiary/aromatic N) is 3. The third-order valence-corrected chi connectivity index (χ3v) is 1.11. The van der Waals surface area contributed by atoms with Crippen LogP contribution in [0.1, 0.15) is 13.3 Å². The second-order valence-corrected chi connectivity index (χ2v) is 1.96. The van der Waals surface area contributed by atoms with E-state index in [4.69, 9.17) is 22.5 Å². The molecule has 4 nitrogen and oxygen atoms in total. The Bertz CT molecular complexity index is 153. The molecule has 0 aliphatic carbocycles. The van der Waals surface area contributed by atoms with Gasteiger partial charge in [0.1, 0.15) is 0 Å². The highest BCUT2D eigenvalue weighted by Crippen LogP contribution is 1.90. The highest BCUT2D eigenvalue weighted by Gasteiger charge is 1.92. The maximum absolute atomic E-state index is 7.88. The van der Waals surface area contributed by atoms with Crippen molar-refractivity contribution in [2.45, 2.75) is 13.3 Å². The molecule has 0 aromatic heterocycles. The van der Waals surface area contributed by atoms with Crippen molar-refractivity contribution in [1.82, 2.24) is 0 Å². The lowest BCUT2D eigenvalue weighted by molar-refractivity contribution is 0.327. The standard InChI is InChI=1S/C5H9N3OS/c1-2-9-5(10)3-4-7-8-6/h2-4H2,1H3. The zero-order valence-corrected chi connectivity index (χ0v) is 6.60. The van der Waals surface area contributed by atoms with E-state index in [1.807, 2.05) is 6.92 Å². The summed E-state index contributed by atoms with van der Waals surface area (Å²) in [7, 11) is 0. The average Bonchev–Trinajstić information content (AvgIpc) is 1.89. The molecule has 0 amide bonds. The Balaban J connectivity index is 3.30. The second kappa shape index (κ2) is 6.32. The number of ether oxygens (including phenoxy) is 1. The summed E-state index contributed by atoms with van der Waals surface area (Å²) in [6, 6.07) is 0. The highest BCUT2D eigenvalue weighted by molar-refractivity contribution is 7.80. The molecule has 0 rings (SSSR count). The van der Waals surface area contributed by atoms with Gasteiger partial charge in [0.25, 0.3) is 0 Å². The van der Waals surface area contributed by atoms with Gasteiger partial charge in [0.15, 0.2) is 5.05 Å². The Morgan fingerprint density at radius 2 is 2.50 bits per heavy atom. The van der Waals surface area contributed by atoms with Gasteiger partial charge in [-0.05, 0) is 24.7 Å². The molecule has 10 heavy (non-hydrogen) atoms. The zero-order valence-electron chi connectivity index (χ0n) is 5.78. The number of thiocarbonyl (C=S) groups is 1. The third-order valence-electron chi connectivity index (χ3n) is 0.784. The number of rotatable bonds is 4. The molecular weight excluding hydrogens is 150 g/mol. The van der Waals surface area contributed by atoms with Crippen LogP contribution in [0.5, 0.6) is 0 Å². The molecule has 0 unspecified atom stereocenters. The molecule has 0 spiro atoms. The van der Waals surface area contributed by atoms with E-state index < -0.39 is 0 Å². The number of hydrogen-bond acceptors (Lipinski definition) is 3. The molecule has 0 aromatic carbocycles. The lowest BCUT2D eigenvalue weighted by Gasteiger charge is -2.00. The van der Waals surface area contributed by atoms with E-state index in [2.05, 4.69) is 10.0 Å². The van der Waals surface area contributed by atoms with Gasteiger partial charge in [0, 0.05) is 17.9 Å². The van der Waals surface area contributed by atoms with Crippen molar-refractivity contribution in [1.29, 1.82) is 0 Å². The molecular formula is C5H9N3OS. The van der Waals surface area contributed by atoms with Gasteiger partial charge >= 0.3 is 0 Å². The van der Waals surface area contributed by atoms with Gasteiger partial charge in [-0.25, -0.2) is 0 Å². The molecule has 0 aliphatic rings. The van der Waals surface area contributed by atoms with Crippen molar-refractivity contribution in [3.05, 3.63) is 10.4 Å². The van der Waals surface area contributed by atoms with Crippen molar-refractivity contribution in [2.75, 3.05) is 13.2 Å². The Morgan fingerprint density at radius 1 is 1.80 bits per heavy atom. The molecule has 5 heteroatoms. The van der Waals surface area contributed by atoms with Crippen molar-refractivity contribution in [3.8, 4) is 0 Å². The Kier molecular flexibility index (Phi) is 5.82. The van der Waals surface area contributed by atoms with E-state index in [1.165, 1.54) is 0 Å². The Morgan fingerprint density at radius 3 is 3.00 bits per heavy atom. The average molecular weight is 159 g/mol. The molecule has 0 N–H and O–H groups in total. The highest BCUT2D eigenvalue weighted by atomic mass is 32.1. The van der Waals surface area contributed by atoms with Crippen molar-refractivity contribution < 1.29 is 4.74 Å². The molecule has 0 aliphatic heterocycles. The number of hydrogen-bond donors (Lipinski definition) is 0. The van der Waals surface area contributed by atoms with Crippen molar-refractivity contribution in [3.63, 3.8) is 0 Å². The Labute approximate surface area is 64.8 Å². The van der Waals surface area contributed by atoms with E-state index in [0.717, 1.165) is 0 Å². The van der Waals surface area contributed by atoms with Crippen LogP contribution in [0.3, 0.4) is 0 Å². The summed E-state index contributed by atoms with van der Waals surface area (Å²) in [5.74, 6) is 0. The predicted molar refractivity (Wildman–Crippen MR) is 42.9 cm³/mol. The van der Waals surface area contributed by atoms with E-state index in [0.29, 0.717) is 24.6 Å². The SMILES string of the molecule is CCOC(=S)CCN=[N+]=[N-]. The maximum atomic E-state index is 7.88. The third kappa shape index (κ3) is 5.34. The van der Waals surface area contributed by atoms with Crippen LogP contribution in [0.4, 0.5) is 0 Å². The fourth-order valence-electron chi connectivity index (χ4n) is 0.419. The minimum absolute atomic E-state index is 0.384. The summed E-state index contributed by atoms with van der Waals surface area (Å²) < 4.78 is 4.94. The van der Waals surface area contributed by atoms with Gasteiger partial charge in [-0.15, -0.1) is 0 Å². The summed E-state index contributed by atoms with van der Waals surface area (Å²) in [5, 5.41) is 3.82. The fraction of sp³-hybridized carbons (Fsp3) is 0.800. The molecule has 0 radical (unpaired) electrons. The van der Waals surface area contributed by atoms with Crippen molar-refractivity contribution >= 4 is 17.3 Å². The fourth-order valence-corrected chi connectivity index (χ4v) is 0.628. The first kappa shape index (κ1) is 9.20. The molecule has 0 aromatic rings. The van der Waals surface area contributed by atoms with Crippen LogP contribution in [0.15, 0.2) is 5.11 Å². The first-order chi connectivity index (χ1) is 4.81. The molecule has 0 bridgehead atoms. The van der Waals surface area contributed by atoms with Gasteiger partial charge in [-0.1, -0.05) is 5.11 Å². The van der Waals surface area contributed by atoms with Crippen LogP contribution in [0.2, 0.25) is 0 Å². The summed E-state index contributed by atoms with van der Waals surface area (Å²) in [6.07, 6.45) is 0.535. The summed E-state index contributed by atoms with van der Waals surface area (Å²) in [5.41, 5.74) is 7.88. The van der Waals surface area contributed by atoms with Gasteiger partial charge in [-0.3, -0.25) is 0 Å². The van der Waals surface area contributed by atoms with Gasteiger partial charge in [0.05, 0.1) is 6.61 Å². The molecule has 0 atom stereocenters. The van der Waals surface area contributed by atoms with Gasteiger partial charge in [0.2, 0.25) is 0 Å². The quantitative estimate of drug-likeness (QED) is 0.273. The van der Waals surface area contributed by atoms with Crippen LogP contribution in [-0.2, 0) is 4.74 Å². The first-order valence-corrected chi connectivity index (χ1v) is 3.38. The molecule has 0 fully saturated rings. The molecule has 0 heterocycles. The first-order valence-electron chi connectivity index (χ1n) is 2.97. The van der Waals surface area contributed by atoms with Crippen LogP contribution in [0.25, 0.3) is 10.4 Å². The minimum Gasteiger partial charge on any atom is -0.487 e. The smallest absolute Gasteiger partial charge is 0.159 e. The molecule has 56 valence electrons. The monoisotopic (exact) mass is 159 g/mol. The largest absolute Gasteiger partial charge is 0.487 e. The maximum Gasteiger partial charge on any atom is 0.159 e.